The van der Waals surface area contributed by atoms with Crippen molar-refractivity contribution in [2.24, 2.45) is 10.9 Å². The quantitative estimate of drug-likeness (QED) is 0.638. The Morgan fingerprint density at radius 1 is 1.25 bits per heavy atom. The summed E-state index contributed by atoms with van der Waals surface area (Å²) in [6, 6.07) is 8.53. The SMILES string of the molecule is CN=C(NCC1CC1)NCC(C)(C)c1ccc(Br)cc1. The zero-order chi connectivity index (χ0) is 14.6. The lowest BCUT2D eigenvalue weighted by Crippen LogP contribution is -2.44. The van der Waals surface area contributed by atoms with Gasteiger partial charge in [-0.25, -0.2) is 0 Å². The van der Waals surface area contributed by atoms with Crippen LogP contribution >= 0.6 is 15.9 Å². The van der Waals surface area contributed by atoms with Gasteiger partial charge in [0.25, 0.3) is 0 Å². The Kier molecular flexibility index (Phi) is 5.08. The standard InChI is InChI=1S/C16H24BrN3/c1-16(2,13-6-8-14(17)9-7-13)11-20-15(18-3)19-10-12-4-5-12/h6-9,12H,4-5,10-11H2,1-3H3,(H2,18,19,20). The van der Waals surface area contributed by atoms with E-state index in [-0.39, 0.29) is 5.41 Å². The zero-order valence-corrected chi connectivity index (χ0v) is 14.1. The molecule has 0 aliphatic heterocycles. The summed E-state index contributed by atoms with van der Waals surface area (Å²) in [6.07, 6.45) is 2.71. The van der Waals surface area contributed by atoms with Crippen molar-refractivity contribution in [3.8, 4) is 0 Å². The zero-order valence-electron chi connectivity index (χ0n) is 12.5. The number of hydrogen-bond donors (Lipinski definition) is 2. The molecule has 110 valence electrons. The number of nitrogens with one attached hydrogen (secondary N) is 2. The van der Waals surface area contributed by atoms with Gasteiger partial charge in [0, 0.05) is 30.0 Å². The Morgan fingerprint density at radius 2 is 1.90 bits per heavy atom. The summed E-state index contributed by atoms with van der Waals surface area (Å²) < 4.78 is 1.12. The Bertz CT molecular complexity index is 461. The van der Waals surface area contributed by atoms with Crippen LogP contribution in [0.1, 0.15) is 32.3 Å². The third-order valence-corrected chi connectivity index (χ3v) is 4.33. The molecule has 1 aliphatic carbocycles. The predicted molar refractivity (Wildman–Crippen MR) is 89.3 cm³/mol. The smallest absolute Gasteiger partial charge is 0.191 e. The van der Waals surface area contributed by atoms with Crippen LogP contribution in [0.5, 0.6) is 0 Å². The first kappa shape index (κ1) is 15.4. The Morgan fingerprint density at radius 3 is 2.45 bits per heavy atom. The summed E-state index contributed by atoms with van der Waals surface area (Å²) in [5, 5.41) is 6.83. The highest BCUT2D eigenvalue weighted by Gasteiger charge is 2.23. The number of benzene rings is 1. The Labute approximate surface area is 130 Å². The van der Waals surface area contributed by atoms with E-state index in [9.17, 15) is 0 Å². The van der Waals surface area contributed by atoms with E-state index >= 15 is 0 Å². The van der Waals surface area contributed by atoms with Gasteiger partial charge in [-0.05, 0) is 36.5 Å². The number of aliphatic imine (C=N–C) groups is 1. The maximum absolute atomic E-state index is 4.29. The van der Waals surface area contributed by atoms with Crippen LogP contribution in [0.15, 0.2) is 33.7 Å². The topological polar surface area (TPSA) is 36.4 Å². The summed E-state index contributed by atoms with van der Waals surface area (Å²) in [4.78, 5) is 4.29. The molecule has 0 heterocycles. The average Bonchev–Trinajstić information content (AvgIpc) is 3.23. The molecule has 2 rings (SSSR count). The van der Waals surface area contributed by atoms with E-state index in [1.165, 1.54) is 18.4 Å². The van der Waals surface area contributed by atoms with Crippen LogP contribution in [0.2, 0.25) is 0 Å². The molecular formula is C16H24BrN3. The molecule has 0 radical (unpaired) electrons. The van der Waals surface area contributed by atoms with Crippen LogP contribution in [0, 0.1) is 5.92 Å². The lowest BCUT2D eigenvalue weighted by atomic mass is 9.85. The normalized spacial score (nSPS) is 16.1. The summed E-state index contributed by atoms with van der Waals surface area (Å²) in [7, 11) is 1.83. The molecule has 0 bridgehead atoms. The highest BCUT2D eigenvalue weighted by Crippen LogP contribution is 2.27. The molecule has 0 atom stereocenters. The molecule has 0 saturated heterocycles. The molecule has 1 aromatic rings. The minimum atomic E-state index is 0.0674. The van der Waals surface area contributed by atoms with Gasteiger partial charge in [0.1, 0.15) is 0 Å². The van der Waals surface area contributed by atoms with Gasteiger partial charge in [0.15, 0.2) is 5.96 Å². The molecule has 0 spiro atoms. The lowest BCUT2D eigenvalue weighted by Gasteiger charge is -2.27. The summed E-state index contributed by atoms with van der Waals surface area (Å²) in [5.41, 5.74) is 1.39. The third kappa shape index (κ3) is 4.51. The monoisotopic (exact) mass is 337 g/mol. The number of guanidine groups is 1. The first-order chi connectivity index (χ1) is 9.51. The van der Waals surface area contributed by atoms with Crippen LogP contribution in [-0.2, 0) is 5.41 Å². The Hall–Kier alpha value is -1.03. The van der Waals surface area contributed by atoms with Crippen molar-refractivity contribution in [1.29, 1.82) is 0 Å². The molecule has 2 N–H and O–H groups in total. The van der Waals surface area contributed by atoms with Gasteiger partial charge in [-0.3, -0.25) is 4.99 Å². The van der Waals surface area contributed by atoms with Crippen molar-refractivity contribution >= 4 is 21.9 Å². The molecule has 1 aliphatic rings. The summed E-state index contributed by atoms with van der Waals surface area (Å²) >= 11 is 3.48. The van der Waals surface area contributed by atoms with Crippen LogP contribution < -0.4 is 10.6 Å². The number of hydrogen-bond acceptors (Lipinski definition) is 1. The molecule has 4 heteroatoms. The average molecular weight is 338 g/mol. The van der Waals surface area contributed by atoms with E-state index < -0.39 is 0 Å². The van der Waals surface area contributed by atoms with Crippen molar-refractivity contribution in [2.45, 2.75) is 32.1 Å². The van der Waals surface area contributed by atoms with Crippen LogP contribution in [0.25, 0.3) is 0 Å². The molecule has 1 fully saturated rings. The lowest BCUT2D eigenvalue weighted by molar-refractivity contribution is 0.508. The largest absolute Gasteiger partial charge is 0.356 e. The van der Waals surface area contributed by atoms with E-state index in [0.29, 0.717) is 0 Å². The number of rotatable bonds is 5. The maximum atomic E-state index is 4.29. The fourth-order valence-electron chi connectivity index (χ4n) is 2.09. The van der Waals surface area contributed by atoms with E-state index in [2.05, 4.69) is 69.7 Å². The highest BCUT2D eigenvalue weighted by atomic mass is 79.9. The predicted octanol–water partition coefficient (Wildman–Crippen LogP) is 3.30. The van der Waals surface area contributed by atoms with Gasteiger partial charge in [0.2, 0.25) is 0 Å². The minimum absolute atomic E-state index is 0.0674. The highest BCUT2D eigenvalue weighted by molar-refractivity contribution is 9.10. The second kappa shape index (κ2) is 6.61. The second-order valence-corrected chi connectivity index (χ2v) is 7.06. The van der Waals surface area contributed by atoms with Crippen molar-refractivity contribution in [3.05, 3.63) is 34.3 Å². The van der Waals surface area contributed by atoms with Gasteiger partial charge in [-0.1, -0.05) is 41.9 Å². The summed E-state index contributed by atoms with van der Waals surface area (Å²) in [6.45, 7) is 6.40. The van der Waals surface area contributed by atoms with Gasteiger partial charge in [-0.15, -0.1) is 0 Å². The third-order valence-electron chi connectivity index (χ3n) is 3.80. The minimum Gasteiger partial charge on any atom is -0.356 e. The van der Waals surface area contributed by atoms with Crippen molar-refractivity contribution in [2.75, 3.05) is 20.1 Å². The molecule has 20 heavy (non-hydrogen) atoms. The molecule has 1 saturated carbocycles. The summed E-state index contributed by atoms with van der Waals surface area (Å²) in [5.74, 6) is 1.76. The van der Waals surface area contributed by atoms with E-state index in [0.717, 1.165) is 29.4 Å². The first-order valence-corrected chi connectivity index (χ1v) is 8.01. The molecule has 1 aromatic carbocycles. The van der Waals surface area contributed by atoms with E-state index in [1.807, 2.05) is 7.05 Å². The number of halogens is 1. The first-order valence-electron chi connectivity index (χ1n) is 7.22. The Balaban J connectivity index is 1.87. The second-order valence-electron chi connectivity index (χ2n) is 6.14. The van der Waals surface area contributed by atoms with Gasteiger partial charge in [-0.2, -0.15) is 0 Å². The molecular weight excluding hydrogens is 314 g/mol. The molecule has 0 amide bonds. The van der Waals surface area contributed by atoms with Gasteiger partial charge < -0.3 is 10.6 Å². The van der Waals surface area contributed by atoms with E-state index in [1.54, 1.807) is 0 Å². The number of nitrogens with zero attached hydrogens (tertiary/aromatic N) is 1. The van der Waals surface area contributed by atoms with Crippen LogP contribution in [-0.4, -0.2) is 26.1 Å². The van der Waals surface area contributed by atoms with Crippen molar-refractivity contribution in [3.63, 3.8) is 0 Å². The van der Waals surface area contributed by atoms with Crippen LogP contribution in [0.4, 0.5) is 0 Å². The van der Waals surface area contributed by atoms with E-state index in [4.69, 9.17) is 0 Å². The fraction of sp³-hybridized carbons (Fsp3) is 0.562. The van der Waals surface area contributed by atoms with Gasteiger partial charge in [0.05, 0.1) is 0 Å². The van der Waals surface area contributed by atoms with Crippen LogP contribution in [0.3, 0.4) is 0 Å². The molecule has 3 nitrogen and oxygen atoms in total. The van der Waals surface area contributed by atoms with Crippen molar-refractivity contribution < 1.29 is 0 Å². The van der Waals surface area contributed by atoms with Crippen molar-refractivity contribution in [1.82, 2.24) is 10.6 Å². The maximum Gasteiger partial charge on any atom is 0.191 e. The molecule has 0 unspecified atom stereocenters. The fourth-order valence-corrected chi connectivity index (χ4v) is 2.36. The van der Waals surface area contributed by atoms with Gasteiger partial charge >= 0.3 is 0 Å². The molecule has 0 aromatic heterocycles.